The first kappa shape index (κ1) is 18.6. The summed E-state index contributed by atoms with van der Waals surface area (Å²) in [6.07, 6.45) is 5.49. The summed E-state index contributed by atoms with van der Waals surface area (Å²) in [5, 5.41) is 9.41. The third-order valence-corrected chi connectivity index (χ3v) is 6.28. The maximum Gasteiger partial charge on any atom is 0.266 e. The third kappa shape index (κ3) is 3.48. The number of piperazine rings is 1. The molecule has 152 valence electrons. The Morgan fingerprint density at radius 2 is 1.83 bits per heavy atom. The van der Waals surface area contributed by atoms with Crippen LogP contribution < -0.4 is 4.90 Å². The average molecular weight is 420 g/mol. The van der Waals surface area contributed by atoms with Crippen LogP contribution in [0.25, 0.3) is 16.6 Å². The molecular formula is C21H20N6O2S. The first-order valence-corrected chi connectivity index (χ1v) is 10.5. The number of carbonyl (C=O) groups excluding carboxylic acids is 1. The normalized spacial score (nSPS) is 14.3. The van der Waals surface area contributed by atoms with Gasteiger partial charge in [-0.25, -0.2) is 4.98 Å². The fourth-order valence-corrected chi connectivity index (χ4v) is 4.49. The number of hydrogen-bond acceptors (Lipinski definition) is 7. The average Bonchev–Trinajstić information content (AvgIpc) is 3.55. The molecule has 1 saturated heterocycles. The number of anilines is 1. The van der Waals surface area contributed by atoms with Crippen LogP contribution in [0.4, 0.5) is 5.82 Å². The molecule has 1 aliphatic heterocycles. The quantitative estimate of drug-likeness (QED) is 0.504. The minimum atomic E-state index is 0.0438. The molecule has 4 aromatic heterocycles. The van der Waals surface area contributed by atoms with Crippen molar-refractivity contribution in [3.05, 3.63) is 65.6 Å². The second-order valence-corrected chi connectivity index (χ2v) is 8.01. The zero-order valence-corrected chi connectivity index (χ0v) is 17.2. The van der Waals surface area contributed by atoms with Crippen LogP contribution in [0.1, 0.15) is 15.4 Å². The molecule has 5 rings (SSSR count). The highest BCUT2D eigenvalue weighted by Crippen LogP contribution is 2.25. The van der Waals surface area contributed by atoms with E-state index in [1.54, 1.807) is 6.26 Å². The Labute approximate surface area is 177 Å². The van der Waals surface area contributed by atoms with Crippen LogP contribution in [0.5, 0.6) is 0 Å². The minimum absolute atomic E-state index is 0.0438. The van der Waals surface area contributed by atoms with E-state index in [-0.39, 0.29) is 5.91 Å². The van der Waals surface area contributed by atoms with Crippen molar-refractivity contribution in [3.8, 4) is 16.6 Å². The van der Waals surface area contributed by atoms with Crippen LogP contribution in [0.2, 0.25) is 0 Å². The highest BCUT2D eigenvalue weighted by atomic mass is 32.1. The Balaban J connectivity index is 1.24. The summed E-state index contributed by atoms with van der Waals surface area (Å²) in [5.41, 5.74) is 1.48. The van der Waals surface area contributed by atoms with E-state index in [9.17, 15) is 4.79 Å². The van der Waals surface area contributed by atoms with E-state index in [4.69, 9.17) is 4.42 Å². The lowest BCUT2D eigenvalue weighted by atomic mass is 10.2. The number of carbonyl (C=O) groups is 1. The van der Waals surface area contributed by atoms with Crippen LogP contribution >= 0.6 is 11.3 Å². The van der Waals surface area contributed by atoms with Gasteiger partial charge in [0, 0.05) is 38.6 Å². The molecule has 0 bridgehead atoms. The topological polar surface area (TPSA) is 80.3 Å². The van der Waals surface area contributed by atoms with Crippen molar-refractivity contribution in [2.75, 3.05) is 31.1 Å². The molecule has 1 aliphatic rings. The molecule has 5 heterocycles. The van der Waals surface area contributed by atoms with Crippen molar-refractivity contribution in [3.63, 3.8) is 0 Å². The number of nitrogens with zero attached hydrogens (tertiary/aromatic N) is 6. The van der Waals surface area contributed by atoms with Crippen LogP contribution in [0.3, 0.4) is 0 Å². The SMILES string of the molecule is Cc1nc(-n2cccc2)sc1C(=O)N1CCN(c2ccc(-c3ccco3)nn2)CC1. The van der Waals surface area contributed by atoms with E-state index < -0.39 is 0 Å². The highest BCUT2D eigenvalue weighted by molar-refractivity contribution is 7.16. The van der Waals surface area contributed by atoms with Gasteiger partial charge in [0.25, 0.3) is 5.91 Å². The van der Waals surface area contributed by atoms with Gasteiger partial charge in [0.05, 0.1) is 12.0 Å². The van der Waals surface area contributed by atoms with Gasteiger partial charge < -0.3 is 18.8 Å². The Hall–Kier alpha value is -3.46. The smallest absolute Gasteiger partial charge is 0.266 e. The van der Waals surface area contributed by atoms with Crippen molar-refractivity contribution in [2.24, 2.45) is 0 Å². The van der Waals surface area contributed by atoms with E-state index in [1.165, 1.54) is 11.3 Å². The molecule has 9 heteroatoms. The molecule has 4 aromatic rings. The van der Waals surface area contributed by atoms with Crippen molar-refractivity contribution in [1.82, 2.24) is 24.6 Å². The minimum Gasteiger partial charge on any atom is -0.463 e. The zero-order valence-electron chi connectivity index (χ0n) is 16.4. The zero-order chi connectivity index (χ0) is 20.5. The first-order valence-electron chi connectivity index (χ1n) is 9.71. The summed E-state index contributed by atoms with van der Waals surface area (Å²) in [6.45, 7) is 4.59. The number of amides is 1. The first-order chi connectivity index (χ1) is 14.7. The molecule has 0 saturated carbocycles. The molecule has 30 heavy (non-hydrogen) atoms. The number of aryl methyl sites for hydroxylation is 1. The van der Waals surface area contributed by atoms with E-state index >= 15 is 0 Å². The Morgan fingerprint density at radius 3 is 2.50 bits per heavy atom. The molecule has 0 unspecified atom stereocenters. The molecular weight excluding hydrogens is 400 g/mol. The summed E-state index contributed by atoms with van der Waals surface area (Å²) in [7, 11) is 0. The van der Waals surface area contributed by atoms with Crippen molar-refractivity contribution >= 4 is 23.1 Å². The standard InChI is InChI=1S/C21H20N6O2S/c1-15-19(30-21(22-15)27-8-2-3-9-27)20(28)26-12-10-25(11-13-26)18-7-6-16(23-24-18)17-5-4-14-29-17/h2-9,14H,10-13H2,1H3. The predicted octanol–water partition coefficient (Wildman–Crippen LogP) is 3.25. The van der Waals surface area contributed by atoms with E-state index in [2.05, 4.69) is 20.1 Å². The van der Waals surface area contributed by atoms with Gasteiger partial charge >= 0.3 is 0 Å². The molecule has 0 atom stereocenters. The second kappa shape index (κ2) is 7.75. The van der Waals surface area contributed by atoms with Crippen molar-refractivity contribution < 1.29 is 9.21 Å². The molecule has 0 N–H and O–H groups in total. The monoisotopic (exact) mass is 420 g/mol. The lowest BCUT2D eigenvalue weighted by Crippen LogP contribution is -2.49. The molecule has 0 radical (unpaired) electrons. The fraction of sp³-hybridized carbons (Fsp3) is 0.238. The van der Waals surface area contributed by atoms with Gasteiger partial charge in [-0.2, -0.15) is 0 Å². The predicted molar refractivity (Wildman–Crippen MR) is 114 cm³/mol. The van der Waals surface area contributed by atoms with Crippen molar-refractivity contribution in [2.45, 2.75) is 6.92 Å². The van der Waals surface area contributed by atoms with Crippen LogP contribution in [0, 0.1) is 6.92 Å². The fourth-order valence-electron chi connectivity index (χ4n) is 3.48. The van der Waals surface area contributed by atoms with Crippen LogP contribution in [-0.2, 0) is 0 Å². The van der Waals surface area contributed by atoms with Gasteiger partial charge in [-0.3, -0.25) is 4.79 Å². The summed E-state index contributed by atoms with van der Waals surface area (Å²) >= 11 is 1.43. The lowest BCUT2D eigenvalue weighted by Gasteiger charge is -2.35. The Bertz CT molecular complexity index is 1130. The van der Waals surface area contributed by atoms with E-state index in [0.29, 0.717) is 42.5 Å². The number of hydrogen-bond donors (Lipinski definition) is 0. The molecule has 1 amide bonds. The summed E-state index contributed by atoms with van der Waals surface area (Å²) in [5.74, 6) is 1.55. The van der Waals surface area contributed by atoms with Gasteiger partial charge in [-0.15, -0.1) is 10.2 Å². The number of thiazole rings is 1. The third-order valence-electron chi connectivity index (χ3n) is 5.12. The van der Waals surface area contributed by atoms with Crippen LogP contribution in [-0.4, -0.2) is 56.7 Å². The van der Waals surface area contributed by atoms with E-state index in [1.807, 2.05) is 65.2 Å². The molecule has 0 spiro atoms. The lowest BCUT2D eigenvalue weighted by molar-refractivity contribution is 0.0750. The Kier molecular flexibility index (Phi) is 4.80. The molecule has 1 fully saturated rings. The van der Waals surface area contributed by atoms with E-state index in [0.717, 1.165) is 16.6 Å². The maximum absolute atomic E-state index is 13.1. The van der Waals surface area contributed by atoms with Gasteiger partial charge in [0.15, 0.2) is 16.7 Å². The summed E-state index contributed by atoms with van der Waals surface area (Å²) < 4.78 is 7.28. The number of furan rings is 1. The largest absolute Gasteiger partial charge is 0.463 e. The van der Waals surface area contributed by atoms with Crippen LogP contribution in [0.15, 0.2) is 59.5 Å². The molecule has 8 nitrogen and oxygen atoms in total. The van der Waals surface area contributed by atoms with Crippen molar-refractivity contribution in [1.29, 1.82) is 0 Å². The Morgan fingerprint density at radius 1 is 1.03 bits per heavy atom. The summed E-state index contributed by atoms with van der Waals surface area (Å²) in [4.78, 5) is 22.4. The van der Waals surface area contributed by atoms with Gasteiger partial charge in [0.1, 0.15) is 10.6 Å². The maximum atomic E-state index is 13.1. The second-order valence-electron chi connectivity index (χ2n) is 7.03. The number of rotatable bonds is 4. The van der Waals surface area contributed by atoms with Gasteiger partial charge in [0.2, 0.25) is 0 Å². The van der Waals surface area contributed by atoms with Gasteiger partial charge in [-0.1, -0.05) is 11.3 Å². The van der Waals surface area contributed by atoms with Gasteiger partial charge in [-0.05, 0) is 43.3 Å². The molecule has 0 aromatic carbocycles. The highest BCUT2D eigenvalue weighted by Gasteiger charge is 2.26. The molecule has 0 aliphatic carbocycles. The number of aromatic nitrogens is 4. The summed E-state index contributed by atoms with van der Waals surface area (Å²) in [6, 6.07) is 11.4.